The van der Waals surface area contributed by atoms with Crippen LogP contribution >= 0.6 is 11.6 Å². The van der Waals surface area contributed by atoms with E-state index < -0.39 is 5.41 Å². The number of carbonyl (C=O) groups excluding carboxylic acids is 1. The van der Waals surface area contributed by atoms with Crippen molar-refractivity contribution in [2.75, 3.05) is 43.5 Å². The molecule has 204 valence electrons. The molecule has 1 aliphatic carbocycles. The third kappa shape index (κ3) is 5.62. The van der Waals surface area contributed by atoms with E-state index in [1.54, 1.807) is 6.07 Å². The molecule has 1 amide bonds. The van der Waals surface area contributed by atoms with Gasteiger partial charge in [0, 0.05) is 43.2 Å². The Labute approximate surface area is 235 Å². The molecule has 0 spiro atoms. The van der Waals surface area contributed by atoms with Crippen LogP contribution in [0.4, 0.5) is 10.1 Å². The topological polar surface area (TPSA) is 83.2 Å². The lowest BCUT2D eigenvalue weighted by Gasteiger charge is -2.48. The zero-order valence-corrected chi connectivity index (χ0v) is 22.9. The summed E-state index contributed by atoms with van der Waals surface area (Å²) in [5.74, 6) is -0.0710. The fourth-order valence-electron chi connectivity index (χ4n) is 7.24. The molecule has 0 radical (unpaired) electrons. The number of likely N-dealkylation sites (tertiary alicyclic amines) is 1. The van der Waals surface area contributed by atoms with Crippen LogP contribution in [-0.2, 0) is 10.2 Å². The first-order valence-electron chi connectivity index (χ1n) is 14.0. The number of halogens is 2. The Kier molecular flexibility index (Phi) is 8.40. The minimum absolute atomic E-state index is 0.0793. The van der Waals surface area contributed by atoms with Gasteiger partial charge in [-0.05, 0) is 86.7 Å². The van der Waals surface area contributed by atoms with Gasteiger partial charge in [-0.15, -0.1) is 11.6 Å². The number of hydrogen-bond donors (Lipinski definition) is 1. The number of hydrogen-bond acceptors (Lipinski definition) is 5. The molecule has 2 heterocycles. The van der Waals surface area contributed by atoms with Gasteiger partial charge in [-0.1, -0.05) is 18.6 Å². The molecule has 2 aromatic carbocycles. The maximum atomic E-state index is 14.5. The summed E-state index contributed by atoms with van der Waals surface area (Å²) in [5.41, 5.74) is 1.70. The summed E-state index contributed by atoms with van der Waals surface area (Å²) in [7, 11) is 0. The lowest BCUT2D eigenvalue weighted by atomic mass is 9.59. The van der Waals surface area contributed by atoms with E-state index in [1.807, 2.05) is 30.3 Å². The average Bonchev–Trinajstić information content (AvgIpc) is 3.40. The van der Waals surface area contributed by atoms with Crippen molar-refractivity contribution in [2.24, 2.45) is 17.8 Å². The van der Waals surface area contributed by atoms with Crippen LogP contribution in [0.25, 0.3) is 0 Å². The molecule has 1 saturated carbocycles. The Morgan fingerprint density at radius 2 is 1.82 bits per heavy atom. The summed E-state index contributed by atoms with van der Waals surface area (Å²) in [4.78, 5) is 17.1. The van der Waals surface area contributed by atoms with E-state index in [9.17, 15) is 14.4 Å². The smallest absolute Gasteiger partial charge is 0.235 e. The van der Waals surface area contributed by atoms with Crippen molar-refractivity contribution in [3.8, 4) is 12.1 Å². The van der Waals surface area contributed by atoms with Crippen molar-refractivity contribution < 1.29 is 9.18 Å². The van der Waals surface area contributed by atoms with Crippen LogP contribution < -0.4 is 10.2 Å². The van der Waals surface area contributed by atoms with Crippen molar-refractivity contribution in [3.63, 3.8) is 0 Å². The molecular formula is C31H35ClFN5O. The normalized spacial score (nSPS) is 23.8. The van der Waals surface area contributed by atoms with Crippen LogP contribution in [0.2, 0.25) is 0 Å². The largest absolute Gasteiger partial charge is 0.371 e. The molecule has 3 fully saturated rings. The molecule has 8 heteroatoms. The van der Waals surface area contributed by atoms with E-state index in [2.05, 4.69) is 27.3 Å². The van der Waals surface area contributed by atoms with E-state index >= 15 is 0 Å². The van der Waals surface area contributed by atoms with Gasteiger partial charge in [0.25, 0.3) is 0 Å². The van der Waals surface area contributed by atoms with Gasteiger partial charge in [-0.2, -0.15) is 10.5 Å². The zero-order chi connectivity index (χ0) is 27.4. The second-order valence-electron chi connectivity index (χ2n) is 11.3. The predicted molar refractivity (Wildman–Crippen MR) is 150 cm³/mol. The predicted octanol–water partition coefficient (Wildman–Crippen LogP) is 4.83. The summed E-state index contributed by atoms with van der Waals surface area (Å²) in [6.45, 7) is 4.84. The molecule has 2 aliphatic heterocycles. The summed E-state index contributed by atoms with van der Waals surface area (Å²) < 4.78 is 14.5. The molecule has 1 N–H and O–H groups in total. The number of alkyl halides is 1. The van der Waals surface area contributed by atoms with Crippen LogP contribution in [0.5, 0.6) is 0 Å². The minimum Gasteiger partial charge on any atom is -0.371 e. The van der Waals surface area contributed by atoms with Crippen molar-refractivity contribution in [3.05, 3.63) is 65.5 Å². The first kappa shape index (κ1) is 27.4. The fraction of sp³-hybridized carbons (Fsp3) is 0.516. The monoisotopic (exact) mass is 547 g/mol. The number of nitrogens with one attached hydrogen (secondary N) is 1. The van der Waals surface area contributed by atoms with Gasteiger partial charge in [0.15, 0.2) is 0 Å². The zero-order valence-electron chi connectivity index (χ0n) is 22.2. The van der Waals surface area contributed by atoms with Gasteiger partial charge in [0.05, 0.1) is 23.1 Å². The summed E-state index contributed by atoms with van der Waals surface area (Å²) in [6.07, 6.45) is 4.28. The second-order valence-corrected chi connectivity index (χ2v) is 11.6. The van der Waals surface area contributed by atoms with Crippen LogP contribution in [-0.4, -0.2) is 55.5 Å². The highest BCUT2D eigenvalue weighted by Gasteiger charge is 2.52. The average molecular weight is 548 g/mol. The molecule has 2 saturated heterocycles. The van der Waals surface area contributed by atoms with E-state index in [1.165, 1.54) is 12.1 Å². The molecule has 0 bridgehead atoms. The SMILES string of the molecule is N#Cc1ccc(N2CC(CN3CCC([C@@](C#N)(c4cccc(F)c4)[C@H]4CCC[C@@H]4NC(=O)CCl)CC3)C2)cc1. The van der Waals surface area contributed by atoms with Gasteiger partial charge in [-0.3, -0.25) is 4.79 Å². The maximum Gasteiger partial charge on any atom is 0.235 e. The van der Waals surface area contributed by atoms with Gasteiger partial charge < -0.3 is 15.1 Å². The van der Waals surface area contributed by atoms with Crippen molar-refractivity contribution in [1.29, 1.82) is 10.5 Å². The van der Waals surface area contributed by atoms with Crippen LogP contribution in [0.1, 0.15) is 43.2 Å². The summed E-state index contributed by atoms with van der Waals surface area (Å²) in [5, 5.41) is 22.9. The first-order valence-corrected chi connectivity index (χ1v) is 14.5. The number of amides is 1. The lowest BCUT2D eigenvalue weighted by molar-refractivity contribution is -0.119. The quantitative estimate of drug-likeness (QED) is 0.479. The standard InChI is InChI=1S/C31H35ClFN5O/c32-16-30(39)36-29-6-2-5-28(29)31(21-35,25-3-1-4-26(33)15-25)24-11-13-37(14-12-24)18-23-19-38(20-23)27-9-7-22(17-34)8-10-27/h1,3-4,7-10,15,23-24,28-29H,2,5-6,11-14,16,18-20H2,(H,36,39)/t28-,29-,31-/m0/s1. The van der Waals surface area contributed by atoms with Crippen molar-refractivity contribution in [2.45, 2.75) is 43.6 Å². The number of nitrogens with zero attached hydrogens (tertiary/aromatic N) is 4. The number of anilines is 1. The van der Waals surface area contributed by atoms with Gasteiger partial charge in [-0.25, -0.2) is 4.39 Å². The van der Waals surface area contributed by atoms with Crippen molar-refractivity contribution in [1.82, 2.24) is 10.2 Å². The molecule has 3 atom stereocenters. The Bertz CT molecular complexity index is 1240. The molecule has 2 aromatic rings. The highest BCUT2D eigenvalue weighted by atomic mass is 35.5. The summed E-state index contributed by atoms with van der Waals surface area (Å²) >= 11 is 5.80. The van der Waals surface area contributed by atoms with Gasteiger partial charge in [0.2, 0.25) is 5.91 Å². The highest BCUT2D eigenvalue weighted by molar-refractivity contribution is 6.27. The van der Waals surface area contributed by atoms with Crippen LogP contribution in [0, 0.1) is 46.2 Å². The fourth-order valence-corrected chi connectivity index (χ4v) is 7.32. The van der Waals surface area contributed by atoms with E-state index in [0.29, 0.717) is 11.5 Å². The number of benzene rings is 2. The molecule has 39 heavy (non-hydrogen) atoms. The second kappa shape index (κ2) is 11.9. The molecular weight excluding hydrogens is 513 g/mol. The van der Waals surface area contributed by atoms with Gasteiger partial charge in [0.1, 0.15) is 11.7 Å². The third-order valence-electron chi connectivity index (χ3n) is 9.12. The number of nitriles is 2. The molecule has 6 nitrogen and oxygen atoms in total. The highest BCUT2D eigenvalue weighted by Crippen LogP contribution is 2.50. The Hall–Kier alpha value is -3.13. The number of piperidine rings is 1. The van der Waals surface area contributed by atoms with E-state index in [-0.39, 0.29) is 35.5 Å². The number of carbonyl (C=O) groups is 1. The van der Waals surface area contributed by atoms with Crippen LogP contribution in [0.3, 0.4) is 0 Å². The maximum absolute atomic E-state index is 14.5. The Morgan fingerprint density at radius 3 is 2.46 bits per heavy atom. The molecule has 3 aliphatic rings. The first-order chi connectivity index (χ1) is 19.0. The minimum atomic E-state index is -0.863. The van der Waals surface area contributed by atoms with E-state index in [4.69, 9.17) is 16.9 Å². The molecule has 5 rings (SSSR count). The molecule has 0 unspecified atom stereocenters. The van der Waals surface area contributed by atoms with Gasteiger partial charge >= 0.3 is 0 Å². The Balaban J connectivity index is 1.26. The van der Waals surface area contributed by atoms with Crippen LogP contribution in [0.15, 0.2) is 48.5 Å². The number of rotatable bonds is 8. The summed E-state index contributed by atoms with van der Waals surface area (Å²) in [6, 6.07) is 19.0. The molecule has 0 aromatic heterocycles. The third-order valence-corrected chi connectivity index (χ3v) is 9.37. The lowest BCUT2D eigenvalue weighted by Crippen LogP contribution is -2.55. The van der Waals surface area contributed by atoms with E-state index in [0.717, 1.165) is 76.1 Å². The Morgan fingerprint density at radius 1 is 1.08 bits per heavy atom. The van der Waals surface area contributed by atoms with Crippen molar-refractivity contribution >= 4 is 23.2 Å².